The molecule has 0 nitrogen and oxygen atoms in total. The molecule has 0 radical (unpaired) electrons. The first-order chi connectivity index (χ1) is 13.3. The summed E-state index contributed by atoms with van der Waals surface area (Å²) in [6, 6.07) is 9.05. The summed E-state index contributed by atoms with van der Waals surface area (Å²) in [6.07, 6.45) is 17.4. The first-order valence-electron chi connectivity index (χ1n) is 10.0. The van der Waals surface area contributed by atoms with E-state index in [1.165, 1.54) is 33.4 Å². The molecule has 0 aliphatic heterocycles. The third-order valence-corrected chi connectivity index (χ3v) is 4.75. The van der Waals surface area contributed by atoms with Gasteiger partial charge in [0.1, 0.15) is 0 Å². The monoisotopic (exact) mass is 490 g/mol. The Morgan fingerprint density at radius 1 is 0.733 bits per heavy atom. The van der Waals surface area contributed by atoms with Gasteiger partial charge in [-0.2, -0.15) is 34.4 Å². The molecule has 4 rings (SSSR count). The van der Waals surface area contributed by atoms with E-state index in [1.807, 2.05) is 0 Å². The summed E-state index contributed by atoms with van der Waals surface area (Å²) in [5.41, 5.74) is 8.41. The van der Waals surface area contributed by atoms with Gasteiger partial charge in [0.2, 0.25) is 0 Å². The van der Waals surface area contributed by atoms with Crippen LogP contribution in [0.5, 0.6) is 0 Å². The van der Waals surface area contributed by atoms with E-state index in [0.717, 1.165) is 0 Å². The third kappa shape index (κ3) is 9.12. The summed E-state index contributed by atoms with van der Waals surface area (Å²) in [7, 11) is 0. The van der Waals surface area contributed by atoms with E-state index in [-0.39, 0.29) is 31.0 Å². The zero-order chi connectivity index (χ0) is 20.7. The van der Waals surface area contributed by atoms with Crippen LogP contribution in [0.25, 0.3) is 12.2 Å². The number of aryl methyl sites for hydroxylation is 2. The average molecular weight is 491 g/mol. The molecule has 0 heterocycles. The Kier molecular flexibility index (Phi) is 13.9. The molecular formula is C26H32Cl2SiTi-2. The van der Waals surface area contributed by atoms with E-state index in [1.54, 1.807) is 0 Å². The maximum absolute atomic E-state index is 2.28. The third-order valence-electron chi connectivity index (χ3n) is 4.75. The quantitative estimate of drug-likeness (QED) is 0.388. The van der Waals surface area contributed by atoms with Crippen molar-refractivity contribution < 1.29 is 44.0 Å². The fraction of sp³-hybridized carbons (Fsp3) is 0.308. The standard InChI is InChI=1S/2C12H13.C2H6Si.2ClH.Ti/c2*1-9-7-11-6-4-3-5-10(2)12(11)8-9;1-3-2;;;/h2*3-8,10H,1-2H3;1-2H3;2*1H;/q2*-1;;;;+2/p-2. The normalized spacial score (nSPS) is 17.5. The molecule has 2 aromatic carbocycles. The van der Waals surface area contributed by atoms with Gasteiger partial charge in [-0.3, -0.25) is 0 Å². The van der Waals surface area contributed by atoms with Crippen molar-refractivity contribution in [1.29, 1.82) is 0 Å². The van der Waals surface area contributed by atoms with Gasteiger partial charge in [0.05, 0.1) is 0 Å². The van der Waals surface area contributed by atoms with Gasteiger partial charge in [-0.1, -0.05) is 52.0 Å². The van der Waals surface area contributed by atoms with Crippen LogP contribution >= 0.6 is 0 Å². The van der Waals surface area contributed by atoms with Gasteiger partial charge in [-0.05, 0) is 11.8 Å². The Hall–Kier alpha value is -0.829. The maximum Gasteiger partial charge on any atom is -0.0427 e. The number of rotatable bonds is 0. The van der Waals surface area contributed by atoms with Gasteiger partial charge in [-0.15, -0.1) is 47.6 Å². The predicted molar refractivity (Wildman–Crippen MR) is 124 cm³/mol. The Labute approximate surface area is 208 Å². The van der Waals surface area contributed by atoms with E-state index in [2.05, 4.69) is 133 Å². The molecule has 2 unspecified atom stereocenters. The minimum atomic E-state index is 0. The van der Waals surface area contributed by atoms with Gasteiger partial charge in [0, 0.05) is 0 Å². The second kappa shape index (κ2) is 14.3. The fourth-order valence-electron chi connectivity index (χ4n) is 3.46. The molecule has 30 heavy (non-hydrogen) atoms. The van der Waals surface area contributed by atoms with Crippen molar-refractivity contribution in [3.8, 4) is 0 Å². The van der Waals surface area contributed by atoms with Crippen LogP contribution in [-0.4, -0.2) is 6.19 Å². The Morgan fingerprint density at radius 2 is 1.07 bits per heavy atom. The van der Waals surface area contributed by atoms with Crippen molar-refractivity contribution in [2.45, 2.75) is 52.6 Å². The molecule has 2 aromatic rings. The van der Waals surface area contributed by atoms with E-state index in [9.17, 15) is 0 Å². The molecule has 0 bridgehead atoms. The number of fused-ring (bicyclic) bond motifs is 2. The predicted octanol–water partition coefficient (Wildman–Crippen LogP) is 1.59. The molecule has 0 fully saturated rings. The van der Waals surface area contributed by atoms with Gasteiger partial charge < -0.3 is 24.8 Å². The topological polar surface area (TPSA) is 0 Å². The van der Waals surface area contributed by atoms with Crippen molar-refractivity contribution in [3.05, 3.63) is 94.1 Å². The molecule has 2 aliphatic carbocycles. The summed E-state index contributed by atoms with van der Waals surface area (Å²) in [6.45, 7) is 13.3. The minimum absolute atomic E-state index is 0. The van der Waals surface area contributed by atoms with Crippen molar-refractivity contribution >= 4 is 18.3 Å². The number of hydrogen-bond acceptors (Lipinski definition) is 0. The molecule has 0 amide bonds. The molecule has 0 saturated heterocycles. The molecule has 160 valence electrons. The Balaban J connectivity index is 0.000000452. The van der Waals surface area contributed by atoms with Crippen LogP contribution in [-0.2, 0) is 19.2 Å². The number of allylic oxidation sites excluding steroid dienone is 6. The SMILES string of the molecule is C[Si](C)=[Ti+2].Cc1cc2c([cH-]1)C=CC=CC2C.Cc1cc2c([cH-]1)C=CC=CC2C.[Cl-].[Cl-]. The second-order valence-corrected chi connectivity index (χ2v) is 14.6. The molecule has 2 atom stereocenters. The largest absolute Gasteiger partial charge is 1.00 e. The average Bonchev–Trinajstić information content (AvgIpc) is 3.07. The van der Waals surface area contributed by atoms with Crippen LogP contribution in [0, 0.1) is 13.8 Å². The van der Waals surface area contributed by atoms with Crippen molar-refractivity contribution in [3.63, 3.8) is 0 Å². The molecule has 0 aromatic heterocycles. The van der Waals surface area contributed by atoms with E-state index in [0.29, 0.717) is 11.8 Å². The summed E-state index contributed by atoms with van der Waals surface area (Å²) < 4.78 is 0. The molecule has 0 saturated carbocycles. The first kappa shape index (κ1) is 29.2. The van der Waals surface area contributed by atoms with Crippen LogP contribution in [0.1, 0.15) is 59.1 Å². The van der Waals surface area contributed by atoms with E-state index in [4.69, 9.17) is 0 Å². The number of hydrogen-bond donors (Lipinski definition) is 0. The van der Waals surface area contributed by atoms with Crippen molar-refractivity contribution in [2.75, 3.05) is 0 Å². The fourth-order valence-corrected chi connectivity index (χ4v) is 3.46. The second-order valence-electron chi connectivity index (χ2n) is 7.95. The van der Waals surface area contributed by atoms with Gasteiger partial charge in [0.15, 0.2) is 0 Å². The van der Waals surface area contributed by atoms with Crippen LogP contribution < -0.4 is 24.8 Å². The van der Waals surface area contributed by atoms with Crippen LogP contribution in [0.4, 0.5) is 0 Å². The summed E-state index contributed by atoms with van der Waals surface area (Å²) in [5, 5.41) is 0. The van der Waals surface area contributed by atoms with Crippen LogP contribution in [0.2, 0.25) is 13.1 Å². The Morgan fingerprint density at radius 3 is 1.40 bits per heavy atom. The van der Waals surface area contributed by atoms with Gasteiger partial charge in [-0.25, -0.2) is 0 Å². The maximum atomic E-state index is 2.28. The van der Waals surface area contributed by atoms with Crippen molar-refractivity contribution in [2.24, 2.45) is 0 Å². The molecule has 4 heteroatoms. The minimum Gasteiger partial charge on any atom is -1.00 e. The molecule has 0 spiro atoms. The Bertz CT molecular complexity index is 851. The summed E-state index contributed by atoms with van der Waals surface area (Å²) in [4.78, 5) is 0. The zero-order valence-corrected chi connectivity index (χ0v) is 22.9. The van der Waals surface area contributed by atoms with Gasteiger partial charge >= 0.3 is 38.5 Å². The molecule has 0 N–H and O–H groups in total. The van der Waals surface area contributed by atoms with E-state index < -0.39 is 0 Å². The van der Waals surface area contributed by atoms with Crippen LogP contribution in [0.15, 0.2) is 60.7 Å². The molecule has 2 aliphatic rings. The summed E-state index contributed by atoms with van der Waals surface area (Å²) >= 11 is 2.27. The van der Waals surface area contributed by atoms with E-state index >= 15 is 0 Å². The molecular weight excluding hydrogens is 459 g/mol. The van der Waals surface area contributed by atoms with Crippen molar-refractivity contribution in [1.82, 2.24) is 0 Å². The number of halogens is 2. The van der Waals surface area contributed by atoms with Crippen LogP contribution in [0.3, 0.4) is 0 Å². The zero-order valence-electron chi connectivity index (χ0n) is 18.8. The smallest absolute Gasteiger partial charge is 0.0427 e. The van der Waals surface area contributed by atoms with Gasteiger partial charge in [0.25, 0.3) is 0 Å². The summed E-state index contributed by atoms with van der Waals surface area (Å²) in [5.74, 6) is 1.12. The first-order valence-corrected chi connectivity index (χ1v) is 14.9.